The van der Waals surface area contributed by atoms with Crippen molar-refractivity contribution >= 4 is 81.3 Å². The van der Waals surface area contributed by atoms with E-state index in [0.29, 0.717) is 177 Å². The number of nitrogen functional groups attached to an aromatic ring is 8. The first-order valence-corrected chi connectivity index (χ1v) is 51.2. The highest BCUT2D eigenvalue weighted by atomic mass is 19.4. The van der Waals surface area contributed by atoms with E-state index in [9.17, 15) is 46.3 Å². The van der Waals surface area contributed by atoms with Crippen LogP contribution in [-0.4, -0.2) is 85.8 Å². The van der Waals surface area contributed by atoms with Gasteiger partial charge in [-0.1, -0.05) is 192 Å². The van der Waals surface area contributed by atoms with Crippen molar-refractivity contribution in [3.8, 4) is 0 Å². The van der Waals surface area contributed by atoms with E-state index in [1.165, 1.54) is 87.3 Å². The number of nitrogens with two attached hydrogens (primary N) is 8. The number of benzene rings is 6. The Balaban J connectivity index is 0.000000179. The zero-order valence-corrected chi connectivity index (χ0v) is 86.7. The summed E-state index contributed by atoms with van der Waals surface area (Å²) in [5.74, 6) is 3.46. The van der Waals surface area contributed by atoms with Gasteiger partial charge in [0.05, 0.1) is 40.6 Å². The second-order valence-corrected chi connectivity index (χ2v) is 45.2. The molecular formula is C117H160F4N8O12. The predicted octanol–water partition coefficient (Wildman–Crippen LogP) is 27.0. The number of anilines is 8. The van der Waals surface area contributed by atoms with Gasteiger partial charge in [0.15, 0.2) is 0 Å². The van der Waals surface area contributed by atoms with E-state index in [-0.39, 0.29) is 94.5 Å². The smallest absolute Gasteiger partial charge is 0.386 e. The van der Waals surface area contributed by atoms with Crippen LogP contribution in [0.15, 0.2) is 192 Å². The third-order valence-corrected chi connectivity index (χ3v) is 34.3. The van der Waals surface area contributed by atoms with Gasteiger partial charge in [0.25, 0.3) is 0 Å². The molecule has 0 heterocycles. The molecule has 6 aromatic carbocycles. The van der Waals surface area contributed by atoms with E-state index in [0.717, 1.165) is 55.8 Å². The maximum Gasteiger partial charge on any atom is 0.386 e. The summed E-state index contributed by atoms with van der Waals surface area (Å²) in [6.45, 7) is 39.0. The number of fused-ring (bicyclic) bond motifs is 10. The van der Waals surface area contributed by atoms with Gasteiger partial charge in [-0.25, -0.2) is 28.8 Å². The molecule has 0 aliphatic heterocycles. The van der Waals surface area contributed by atoms with Crippen LogP contribution in [-0.2, 0) is 28.4 Å². The third-order valence-electron chi connectivity index (χ3n) is 34.3. The van der Waals surface area contributed by atoms with Crippen LogP contribution in [0.1, 0.15) is 334 Å². The summed E-state index contributed by atoms with van der Waals surface area (Å²) >= 11 is 0. The van der Waals surface area contributed by atoms with Crippen LogP contribution >= 0.6 is 0 Å². The molecule has 15 unspecified atom stereocenters. The molecule has 15 atom stereocenters. The van der Waals surface area contributed by atoms with E-state index in [4.69, 9.17) is 74.3 Å². The molecule has 768 valence electrons. The number of carbonyl (C=O) groups is 6. The molecule has 16 N–H and O–H groups in total. The average molecular weight is 1950 g/mol. The normalized spacial score (nSPS) is 29.4. The van der Waals surface area contributed by atoms with Gasteiger partial charge in [0.1, 0.15) is 36.6 Å². The van der Waals surface area contributed by atoms with Crippen LogP contribution < -0.4 is 45.9 Å². The zero-order chi connectivity index (χ0) is 103. The van der Waals surface area contributed by atoms with Crippen molar-refractivity contribution in [3.05, 3.63) is 226 Å². The van der Waals surface area contributed by atoms with Crippen LogP contribution in [0.2, 0.25) is 0 Å². The lowest BCUT2D eigenvalue weighted by Gasteiger charge is -2.64. The van der Waals surface area contributed by atoms with Gasteiger partial charge in [0, 0.05) is 63.3 Å². The first-order chi connectivity index (χ1) is 66.3. The van der Waals surface area contributed by atoms with Gasteiger partial charge in [-0.2, -0.15) is 13.2 Å². The number of halogens is 4. The van der Waals surface area contributed by atoms with Crippen molar-refractivity contribution in [2.45, 2.75) is 315 Å². The van der Waals surface area contributed by atoms with Crippen molar-refractivity contribution < 1.29 is 74.8 Å². The fraction of sp³-hybridized carbons (Fsp3) is 0.556. The Kier molecular flexibility index (Phi) is 35.8. The Morgan fingerprint density at radius 2 is 0.759 bits per heavy atom. The summed E-state index contributed by atoms with van der Waals surface area (Å²) in [5, 5.41) is 0. The standard InChI is InChI=1S/C37H56N2O2.C37H54N2O2.2C20H22N2O4.C2H3F3.CH3F/c2*1-23(2)10-9-11-24(3)28-14-18-37(8)30-12-13-31-34(4,5)32(41-33(40)25-20-26(38)22-27(39)21-25)16-17-35(31,6)29(30)15-19-36(28,37)7;2*21-15-10-14(11-16(22)12-15)20(24)26-18-8-6-17(7-9-18)25-19(23)13-4-2-1-3-5-13;1-2(3,4)5;1-2/h10,13,20-22,24,28-30,32H,9,11-12,14-19,38-39H2,1-8H3;9,11-13,20-24,28-29,32H,10,14-19,38-39H2,1-8H3;2*1-5,10-12,17-18H,6-9,21-22H2;1H3;1H3/b;11-9+;;;;. The molecule has 16 rings (SSSR count). The number of alkyl halides is 4. The minimum Gasteiger partial charge on any atom is -0.459 e. The molecule has 6 aromatic rings. The number of carbonyl (C=O) groups excluding carboxylic acids is 6. The summed E-state index contributed by atoms with van der Waals surface area (Å²) in [5.41, 5.74) is 60.2. The van der Waals surface area contributed by atoms with Crippen LogP contribution in [0.3, 0.4) is 0 Å². The summed E-state index contributed by atoms with van der Waals surface area (Å²) < 4.78 is 75.1. The summed E-state index contributed by atoms with van der Waals surface area (Å²) in [4.78, 5) is 75.1. The molecule has 0 spiro atoms. The Labute approximate surface area is 835 Å². The van der Waals surface area contributed by atoms with Crippen LogP contribution in [0.4, 0.5) is 63.1 Å². The van der Waals surface area contributed by atoms with Crippen LogP contribution in [0.5, 0.6) is 0 Å². The minimum atomic E-state index is -4.00. The second-order valence-electron chi connectivity index (χ2n) is 45.2. The zero-order valence-electron chi connectivity index (χ0n) is 86.7. The molecule has 10 aliphatic rings. The SMILES string of the molecule is CC(C)=CCCC(C)C1CCC2(C)C3CC=C4C(C)(C)C(OC(=O)c5cc(N)cc(N)c5)CCC4(C)C3CCC12C.CC(C)C/C=C/C(C)C1CCC2(C)C3=CC=C4C(C)(C)C(OC(=O)c5cc(N)cc(N)c5)CCC4(C)C3CCC12C.CC(F)(F)F.CF.Nc1cc(N)cc(C(=O)OC2CCC(OC(=O)c3ccccc3)CC2)c1.Nc1cc(N)cc(C(=O)OC2CCC(OC(=O)c3ccccc3)CC2)c1. The van der Waals surface area contributed by atoms with E-state index < -0.39 is 18.1 Å². The molecular weight excluding hydrogens is 1790 g/mol. The molecule has 0 bridgehead atoms. The van der Waals surface area contributed by atoms with Gasteiger partial charge in [-0.05, 0) is 345 Å². The number of ether oxygens (including phenoxy) is 6. The maximum absolute atomic E-state index is 13.2. The Bertz CT molecular complexity index is 5320. The summed E-state index contributed by atoms with van der Waals surface area (Å²) in [6, 6.07) is 37.2. The average Bonchev–Trinajstić information content (AvgIpc) is 1.65. The lowest BCUT2D eigenvalue weighted by molar-refractivity contribution is -0.125. The van der Waals surface area contributed by atoms with Crippen molar-refractivity contribution in [1.82, 2.24) is 0 Å². The highest BCUT2D eigenvalue weighted by Gasteiger charge is 2.68. The van der Waals surface area contributed by atoms with Gasteiger partial charge < -0.3 is 74.3 Å². The minimum absolute atomic E-state index is 0.0866. The molecule has 10 aliphatic carbocycles. The van der Waals surface area contributed by atoms with Gasteiger partial charge >= 0.3 is 42.0 Å². The number of esters is 6. The van der Waals surface area contributed by atoms with Crippen molar-refractivity contribution in [2.24, 2.45) is 90.7 Å². The second kappa shape index (κ2) is 45.7. The topological polar surface area (TPSA) is 366 Å². The number of hydrogen-bond donors (Lipinski definition) is 8. The molecule has 24 heteroatoms. The van der Waals surface area contributed by atoms with E-state index in [2.05, 4.69) is 147 Å². The van der Waals surface area contributed by atoms with E-state index >= 15 is 0 Å². The molecule has 20 nitrogen and oxygen atoms in total. The summed E-state index contributed by atoms with van der Waals surface area (Å²) in [6.07, 6.45) is 34.4. The number of hydrogen-bond acceptors (Lipinski definition) is 20. The van der Waals surface area contributed by atoms with Crippen LogP contribution in [0.25, 0.3) is 0 Å². The Hall–Kier alpha value is -11.0. The number of allylic oxidation sites excluding steroid dienone is 8. The van der Waals surface area contributed by atoms with Crippen molar-refractivity contribution in [3.63, 3.8) is 0 Å². The van der Waals surface area contributed by atoms with E-state index in [1.807, 2.05) is 12.1 Å². The van der Waals surface area contributed by atoms with Gasteiger partial charge in [-0.3, -0.25) is 4.39 Å². The van der Waals surface area contributed by atoms with Crippen molar-refractivity contribution in [1.29, 1.82) is 0 Å². The van der Waals surface area contributed by atoms with Gasteiger partial charge in [-0.15, -0.1) is 0 Å². The lowest BCUT2D eigenvalue weighted by Crippen LogP contribution is -2.58. The fourth-order valence-corrected chi connectivity index (χ4v) is 26.8. The summed E-state index contributed by atoms with van der Waals surface area (Å²) in [7, 11) is 0.500. The van der Waals surface area contributed by atoms with E-state index in [1.54, 1.807) is 127 Å². The molecule has 0 amide bonds. The first-order valence-electron chi connectivity index (χ1n) is 51.2. The molecule has 141 heavy (non-hydrogen) atoms. The third kappa shape index (κ3) is 25.6. The fourth-order valence-electron chi connectivity index (χ4n) is 26.8. The lowest BCUT2D eigenvalue weighted by atomic mass is 9.40. The largest absolute Gasteiger partial charge is 0.459 e. The molecule has 8 saturated carbocycles. The van der Waals surface area contributed by atoms with Crippen molar-refractivity contribution in [2.75, 3.05) is 53.0 Å². The molecule has 0 aromatic heterocycles. The Morgan fingerprint density at radius 1 is 0.404 bits per heavy atom. The maximum atomic E-state index is 13.2. The van der Waals surface area contributed by atoms with Crippen LogP contribution in [0, 0.1) is 90.7 Å². The highest BCUT2D eigenvalue weighted by Crippen LogP contribution is 2.76. The first kappa shape index (κ1) is 110. The predicted molar refractivity (Wildman–Crippen MR) is 558 cm³/mol. The monoisotopic (exact) mass is 1950 g/mol. The molecule has 0 saturated heterocycles. The Morgan fingerprint density at radius 3 is 1.15 bits per heavy atom. The molecule has 8 fully saturated rings. The quantitative estimate of drug-likeness (QED) is 0.0116. The highest BCUT2D eigenvalue weighted by molar-refractivity contribution is 5.95. The van der Waals surface area contributed by atoms with Gasteiger partial charge in [0.2, 0.25) is 0 Å². The molecule has 0 radical (unpaired) electrons. The number of rotatable bonds is 20.